The lowest BCUT2D eigenvalue weighted by atomic mass is 10.3. The van der Waals surface area contributed by atoms with Gasteiger partial charge >= 0.3 is 0 Å². The maximum atomic E-state index is 4.62. The van der Waals surface area contributed by atoms with Crippen LogP contribution in [0.5, 0.6) is 0 Å². The molecule has 2 heteroatoms. The first-order valence-corrected chi connectivity index (χ1v) is 4.52. The fourth-order valence-corrected chi connectivity index (χ4v) is 1.30. The van der Waals surface area contributed by atoms with Gasteiger partial charge in [0.15, 0.2) is 0 Å². The Labute approximate surface area is 69.3 Å². The van der Waals surface area contributed by atoms with E-state index >= 15 is 0 Å². The van der Waals surface area contributed by atoms with Gasteiger partial charge in [-0.15, -0.1) is 0 Å². The van der Waals surface area contributed by atoms with Crippen LogP contribution in [0.25, 0.3) is 0 Å². The van der Waals surface area contributed by atoms with E-state index < -0.39 is 0 Å². The first-order chi connectivity index (χ1) is 5.24. The third-order valence-corrected chi connectivity index (χ3v) is 2.29. The van der Waals surface area contributed by atoms with Crippen molar-refractivity contribution in [2.45, 2.75) is 39.2 Å². The predicted molar refractivity (Wildman–Crippen MR) is 49.1 cm³/mol. The van der Waals surface area contributed by atoms with E-state index in [0.29, 0.717) is 6.04 Å². The Morgan fingerprint density at radius 1 is 1.64 bits per heavy atom. The lowest BCUT2D eigenvalue weighted by Crippen LogP contribution is -2.20. The summed E-state index contributed by atoms with van der Waals surface area (Å²) >= 11 is 0. The van der Waals surface area contributed by atoms with Gasteiger partial charge in [-0.1, -0.05) is 6.92 Å². The number of hydrogen-bond acceptors (Lipinski definition) is 1. The van der Waals surface area contributed by atoms with Crippen molar-refractivity contribution in [3.63, 3.8) is 0 Å². The number of amidine groups is 1. The molecular weight excluding hydrogens is 136 g/mol. The molecule has 0 aromatic rings. The maximum Gasteiger partial charge on any atom is 0.0990 e. The Bertz CT molecular complexity index is 152. The van der Waals surface area contributed by atoms with Gasteiger partial charge < -0.3 is 4.90 Å². The van der Waals surface area contributed by atoms with Gasteiger partial charge in [-0.3, -0.25) is 4.99 Å². The predicted octanol–water partition coefficient (Wildman–Crippen LogP) is 1.91. The first kappa shape index (κ1) is 8.57. The molecule has 1 atom stereocenters. The second kappa shape index (κ2) is 3.74. The highest BCUT2D eigenvalue weighted by Gasteiger charge is 2.14. The molecule has 1 fully saturated rings. The van der Waals surface area contributed by atoms with Gasteiger partial charge in [0.2, 0.25) is 0 Å². The van der Waals surface area contributed by atoms with Crippen LogP contribution in [0.2, 0.25) is 0 Å². The maximum absolute atomic E-state index is 4.62. The van der Waals surface area contributed by atoms with Crippen molar-refractivity contribution < 1.29 is 0 Å². The van der Waals surface area contributed by atoms with Crippen LogP contribution in [0.15, 0.2) is 4.99 Å². The zero-order valence-corrected chi connectivity index (χ0v) is 7.80. The summed E-state index contributed by atoms with van der Waals surface area (Å²) in [5.41, 5.74) is 0. The summed E-state index contributed by atoms with van der Waals surface area (Å²) < 4.78 is 0. The minimum absolute atomic E-state index is 0.505. The third-order valence-electron chi connectivity index (χ3n) is 2.29. The SMILES string of the molecule is CCC(C)N=C1CCCN1C. The minimum atomic E-state index is 0.505. The molecule has 1 unspecified atom stereocenters. The Hall–Kier alpha value is -0.530. The van der Waals surface area contributed by atoms with Crippen molar-refractivity contribution >= 4 is 5.84 Å². The number of aliphatic imine (C=N–C) groups is 1. The molecule has 1 saturated heterocycles. The van der Waals surface area contributed by atoms with Gasteiger partial charge in [-0.05, 0) is 19.8 Å². The standard InChI is InChI=1S/C9H18N2/c1-4-8(2)10-9-6-5-7-11(9)3/h8H,4-7H2,1-3H3. The molecule has 0 amide bonds. The summed E-state index contributed by atoms with van der Waals surface area (Å²) in [7, 11) is 2.13. The topological polar surface area (TPSA) is 15.6 Å². The number of nitrogens with zero attached hydrogens (tertiary/aromatic N) is 2. The highest BCUT2D eigenvalue weighted by Crippen LogP contribution is 2.10. The summed E-state index contributed by atoms with van der Waals surface area (Å²) in [5.74, 6) is 1.30. The van der Waals surface area contributed by atoms with Crippen molar-refractivity contribution in [1.82, 2.24) is 4.90 Å². The molecule has 64 valence electrons. The molecule has 1 aliphatic rings. The smallest absolute Gasteiger partial charge is 0.0990 e. The van der Waals surface area contributed by atoms with Crippen molar-refractivity contribution in [3.8, 4) is 0 Å². The number of likely N-dealkylation sites (tertiary alicyclic amines) is 1. The van der Waals surface area contributed by atoms with E-state index in [1.54, 1.807) is 0 Å². The van der Waals surface area contributed by atoms with Crippen LogP contribution in [0.4, 0.5) is 0 Å². The largest absolute Gasteiger partial charge is 0.363 e. The fraction of sp³-hybridized carbons (Fsp3) is 0.889. The van der Waals surface area contributed by atoms with E-state index in [1.165, 1.54) is 25.2 Å². The quantitative estimate of drug-likeness (QED) is 0.593. The monoisotopic (exact) mass is 154 g/mol. The van der Waals surface area contributed by atoms with Gasteiger partial charge in [0, 0.05) is 26.1 Å². The van der Waals surface area contributed by atoms with E-state index in [9.17, 15) is 0 Å². The lowest BCUT2D eigenvalue weighted by molar-refractivity contribution is 0.542. The summed E-state index contributed by atoms with van der Waals surface area (Å²) in [6.45, 7) is 5.55. The molecule has 0 aromatic heterocycles. The average molecular weight is 154 g/mol. The van der Waals surface area contributed by atoms with Crippen molar-refractivity contribution in [1.29, 1.82) is 0 Å². The van der Waals surface area contributed by atoms with E-state index in [4.69, 9.17) is 0 Å². The van der Waals surface area contributed by atoms with Crippen LogP contribution in [-0.2, 0) is 0 Å². The first-order valence-electron chi connectivity index (χ1n) is 4.52. The summed E-state index contributed by atoms with van der Waals surface area (Å²) in [6.07, 6.45) is 3.62. The van der Waals surface area contributed by atoms with Crippen LogP contribution >= 0.6 is 0 Å². The van der Waals surface area contributed by atoms with Crippen molar-refractivity contribution in [3.05, 3.63) is 0 Å². The Morgan fingerprint density at radius 3 is 2.82 bits per heavy atom. The van der Waals surface area contributed by atoms with Crippen molar-refractivity contribution in [2.24, 2.45) is 4.99 Å². The van der Waals surface area contributed by atoms with E-state index in [2.05, 4.69) is 30.8 Å². The summed E-state index contributed by atoms with van der Waals surface area (Å²) in [5, 5.41) is 0. The molecule has 1 rings (SSSR count). The highest BCUT2D eigenvalue weighted by atomic mass is 15.2. The van der Waals surface area contributed by atoms with E-state index in [-0.39, 0.29) is 0 Å². The van der Waals surface area contributed by atoms with Crippen LogP contribution in [0.3, 0.4) is 0 Å². The van der Waals surface area contributed by atoms with Gasteiger partial charge in [0.25, 0.3) is 0 Å². The molecule has 0 bridgehead atoms. The molecule has 1 heterocycles. The normalized spacial score (nSPS) is 24.6. The molecule has 11 heavy (non-hydrogen) atoms. The molecule has 0 aromatic carbocycles. The number of rotatable bonds is 2. The molecule has 2 nitrogen and oxygen atoms in total. The average Bonchev–Trinajstić information content (AvgIpc) is 2.37. The minimum Gasteiger partial charge on any atom is -0.363 e. The fourth-order valence-electron chi connectivity index (χ4n) is 1.30. The van der Waals surface area contributed by atoms with E-state index in [0.717, 1.165) is 6.42 Å². The van der Waals surface area contributed by atoms with Crippen LogP contribution < -0.4 is 0 Å². The van der Waals surface area contributed by atoms with Crippen LogP contribution in [-0.4, -0.2) is 30.4 Å². The Kier molecular flexibility index (Phi) is 2.92. The Morgan fingerprint density at radius 2 is 2.36 bits per heavy atom. The molecule has 0 radical (unpaired) electrons. The highest BCUT2D eigenvalue weighted by molar-refractivity contribution is 5.83. The molecule has 0 aliphatic carbocycles. The van der Waals surface area contributed by atoms with Gasteiger partial charge in [0.1, 0.15) is 0 Å². The van der Waals surface area contributed by atoms with E-state index in [1.807, 2.05) is 0 Å². The van der Waals surface area contributed by atoms with Gasteiger partial charge in [-0.25, -0.2) is 0 Å². The molecule has 0 N–H and O–H groups in total. The molecule has 0 saturated carbocycles. The second-order valence-electron chi connectivity index (χ2n) is 3.33. The number of hydrogen-bond donors (Lipinski definition) is 0. The molecule has 1 aliphatic heterocycles. The van der Waals surface area contributed by atoms with Crippen LogP contribution in [0, 0.1) is 0 Å². The zero-order chi connectivity index (χ0) is 8.27. The second-order valence-corrected chi connectivity index (χ2v) is 3.33. The summed E-state index contributed by atoms with van der Waals surface area (Å²) in [6, 6.07) is 0.505. The lowest BCUT2D eigenvalue weighted by Gasteiger charge is -2.13. The molecular formula is C9H18N2. The van der Waals surface area contributed by atoms with Gasteiger partial charge in [-0.2, -0.15) is 0 Å². The Balaban J connectivity index is 2.50. The van der Waals surface area contributed by atoms with Crippen LogP contribution in [0.1, 0.15) is 33.1 Å². The van der Waals surface area contributed by atoms with Gasteiger partial charge in [0.05, 0.1) is 5.84 Å². The third kappa shape index (κ3) is 2.21. The molecule has 0 spiro atoms. The zero-order valence-electron chi connectivity index (χ0n) is 7.80. The van der Waals surface area contributed by atoms with Crippen molar-refractivity contribution in [2.75, 3.05) is 13.6 Å². The summed E-state index contributed by atoms with van der Waals surface area (Å²) in [4.78, 5) is 6.89.